The zero-order valence-electron chi connectivity index (χ0n) is 11.1. The van der Waals surface area contributed by atoms with Gasteiger partial charge < -0.3 is 5.11 Å². The van der Waals surface area contributed by atoms with Crippen molar-refractivity contribution >= 4 is 5.97 Å². The van der Waals surface area contributed by atoms with E-state index < -0.39 is 5.97 Å². The molecular formula is C13H21N3O2. The van der Waals surface area contributed by atoms with Gasteiger partial charge in [-0.05, 0) is 39.3 Å². The Bertz CT molecular complexity index is 428. The highest BCUT2D eigenvalue weighted by molar-refractivity contribution is 5.66. The molecule has 1 unspecified atom stereocenters. The Hall–Kier alpha value is -1.36. The van der Waals surface area contributed by atoms with Gasteiger partial charge in [0.05, 0.1) is 23.9 Å². The van der Waals surface area contributed by atoms with Crippen LogP contribution >= 0.6 is 0 Å². The molecule has 0 spiro atoms. The van der Waals surface area contributed by atoms with Crippen LogP contribution in [0.4, 0.5) is 0 Å². The van der Waals surface area contributed by atoms with E-state index in [4.69, 9.17) is 5.11 Å². The number of carboxylic acids is 1. The summed E-state index contributed by atoms with van der Waals surface area (Å²) in [5.41, 5.74) is 2.27. The van der Waals surface area contributed by atoms with E-state index in [-0.39, 0.29) is 6.42 Å². The summed E-state index contributed by atoms with van der Waals surface area (Å²) in [5, 5.41) is 13.3. The van der Waals surface area contributed by atoms with Gasteiger partial charge in [-0.3, -0.25) is 14.4 Å². The first-order valence-electron chi connectivity index (χ1n) is 6.62. The predicted molar refractivity (Wildman–Crippen MR) is 68.4 cm³/mol. The van der Waals surface area contributed by atoms with Crippen molar-refractivity contribution in [1.82, 2.24) is 14.7 Å². The molecule has 2 heterocycles. The molecule has 0 bridgehead atoms. The number of aryl methyl sites for hydroxylation is 2. The molecule has 1 aromatic heterocycles. The van der Waals surface area contributed by atoms with Gasteiger partial charge in [0, 0.05) is 13.1 Å². The summed E-state index contributed by atoms with van der Waals surface area (Å²) in [7, 11) is 0. The van der Waals surface area contributed by atoms with Crippen molar-refractivity contribution in [2.75, 3.05) is 13.1 Å². The van der Waals surface area contributed by atoms with Crippen LogP contribution in [0.2, 0.25) is 0 Å². The molecule has 2 rings (SSSR count). The Balaban J connectivity index is 2.12. The van der Waals surface area contributed by atoms with Crippen molar-refractivity contribution in [3.05, 3.63) is 17.5 Å². The first kappa shape index (κ1) is 13.1. The average Bonchev–Trinajstić information content (AvgIpc) is 2.91. The topological polar surface area (TPSA) is 58.4 Å². The molecule has 100 valence electrons. The Morgan fingerprint density at radius 3 is 3.06 bits per heavy atom. The van der Waals surface area contributed by atoms with E-state index in [2.05, 4.69) is 23.0 Å². The average molecular weight is 251 g/mol. The molecule has 0 amide bonds. The normalized spacial score (nSPS) is 20.4. The van der Waals surface area contributed by atoms with Crippen molar-refractivity contribution in [1.29, 1.82) is 0 Å². The molecule has 1 aromatic rings. The highest BCUT2D eigenvalue weighted by atomic mass is 16.4. The maximum atomic E-state index is 10.7. The lowest BCUT2D eigenvalue weighted by molar-refractivity contribution is -0.137. The van der Waals surface area contributed by atoms with E-state index in [9.17, 15) is 4.79 Å². The van der Waals surface area contributed by atoms with E-state index in [1.807, 2.05) is 11.6 Å². The van der Waals surface area contributed by atoms with Gasteiger partial charge in [0.1, 0.15) is 0 Å². The van der Waals surface area contributed by atoms with Crippen molar-refractivity contribution in [3.8, 4) is 0 Å². The summed E-state index contributed by atoms with van der Waals surface area (Å²) >= 11 is 0. The number of nitrogens with zero attached hydrogens (tertiary/aromatic N) is 3. The SMILES string of the molecule is CCn1nc(C)cc1C1CCCN1CCC(=O)O. The van der Waals surface area contributed by atoms with E-state index in [1.165, 1.54) is 5.69 Å². The lowest BCUT2D eigenvalue weighted by Crippen LogP contribution is -2.27. The summed E-state index contributed by atoms with van der Waals surface area (Å²) in [6.45, 7) is 6.59. The molecule has 5 nitrogen and oxygen atoms in total. The Kier molecular flexibility index (Phi) is 4.01. The van der Waals surface area contributed by atoms with E-state index >= 15 is 0 Å². The zero-order valence-corrected chi connectivity index (χ0v) is 11.1. The third-order valence-corrected chi connectivity index (χ3v) is 3.55. The first-order chi connectivity index (χ1) is 8.61. The van der Waals surface area contributed by atoms with Crippen LogP contribution in [-0.4, -0.2) is 38.8 Å². The van der Waals surface area contributed by atoms with Crippen LogP contribution < -0.4 is 0 Å². The number of hydrogen-bond acceptors (Lipinski definition) is 3. The van der Waals surface area contributed by atoms with Gasteiger partial charge in [0.15, 0.2) is 0 Å². The number of carboxylic acid groups (broad SMARTS) is 1. The molecule has 5 heteroatoms. The Morgan fingerprint density at radius 2 is 2.39 bits per heavy atom. The van der Waals surface area contributed by atoms with E-state index in [1.54, 1.807) is 0 Å². The smallest absolute Gasteiger partial charge is 0.304 e. The van der Waals surface area contributed by atoms with Gasteiger partial charge in [-0.25, -0.2) is 0 Å². The number of aliphatic carboxylic acids is 1. The van der Waals surface area contributed by atoms with Crippen LogP contribution in [0.3, 0.4) is 0 Å². The van der Waals surface area contributed by atoms with Gasteiger partial charge in [0.25, 0.3) is 0 Å². The molecular weight excluding hydrogens is 230 g/mol. The minimum atomic E-state index is -0.721. The fourth-order valence-corrected chi connectivity index (χ4v) is 2.76. The van der Waals surface area contributed by atoms with E-state index in [0.29, 0.717) is 12.6 Å². The maximum Gasteiger partial charge on any atom is 0.304 e. The second-order valence-electron chi connectivity index (χ2n) is 4.86. The molecule has 1 N–H and O–H groups in total. The highest BCUT2D eigenvalue weighted by Crippen LogP contribution is 2.32. The monoisotopic (exact) mass is 251 g/mol. The fourth-order valence-electron chi connectivity index (χ4n) is 2.76. The fraction of sp³-hybridized carbons (Fsp3) is 0.692. The number of aromatic nitrogens is 2. The van der Waals surface area contributed by atoms with Gasteiger partial charge in [0.2, 0.25) is 0 Å². The number of likely N-dealkylation sites (tertiary alicyclic amines) is 1. The van der Waals surface area contributed by atoms with Crippen molar-refractivity contribution in [2.24, 2.45) is 0 Å². The third-order valence-electron chi connectivity index (χ3n) is 3.55. The number of hydrogen-bond donors (Lipinski definition) is 1. The van der Waals surface area contributed by atoms with Crippen LogP contribution in [0.5, 0.6) is 0 Å². The second kappa shape index (κ2) is 5.52. The molecule has 1 saturated heterocycles. The lowest BCUT2D eigenvalue weighted by Gasteiger charge is -2.24. The Morgan fingerprint density at radius 1 is 1.61 bits per heavy atom. The quantitative estimate of drug-likeness (QED) is 0.867. The van der Waals surface area contributed by atoms with E-state index in [0.717, 1.165) is 31.6 Å². The molecule has 1 fully saturated rings. The molecule has 1 aliphatic heterocycles. The largest absolute Gasteiger partial charge is 0.481 e. The minimum Gasteiger partial charge on any atom is -0.481 e. The molecule has 18 heavy (non-hydrogen) atoms. The standard InChI is InChI=1S/C13H21N3O2/c1-3-16-12(9-10(2)14-16)11-5-4-7-15(11)8-6-13(17)18/h9,11H,3-8H2,1-2H3,(H,17,18). The number of rotatable bonds is 5. The van der Waals surface area contributed by atoms with Crippen LogP contribution in [0.25, 0.3) is 0 Å². The van der Waals surface area contributed by atoms with Crippen LogP contribution in [0.15, 0.2) is 6.07 Å². The second-order valence-corrected chi connectivity index (χ2v) is 4.86. The van der Waals surface area contributed by atoms with Crippen LogP contribution in [0, 0.1) is 6.92 Å². The van der Waals surface area contributed by atoms with Crippen molar-refractivity contribution in [3.63, 3.8) is 0 Å². The van der Waals surface area contributed by atoms with Gasteiger partial charge in [-0.1, -0.05) is 0 Å². The molecule has 0 aromatic carbocycles. The lowest BCUT2D eigenvalue weighted by atomic mass is 10.1. The maximum absolute atomic E-state index is 10.7. The summed E-state index contributed by atoms with van der Waals surface area (Å²) in [5.74, 6) is -0.721. The van der Waals surface area contributed by atoms with Crippen LogP contribution in [-0.2, 0) is 11.3 Å². The van der Waals surface area contributed by atoms with Crippen molar-refractivity contribution < 1.29 is 9.90 Å². The van der Waals surface area contributed by atoms with Crippen LogP contribution in [0.1, 0.15) is 43.6 Å². The Labute approximate surface area is 107 Å². The summed E-state index contributed by atoms with van der Waals surface area (Å²) in [6.07, 6.45) is 2.46. The summed E-state index contributed by atoms with van der Waals surface area (Å²) in [4.78, 5) is 13.0. The minimum absolute atomic E-state index is 0.218. The first-order valence-corrected chi connectivity index (χ1v) is 6.62. The molecule has 0 aliphatic carbocycles. The van der Waals surface area contributed by atoms with Gasteiger partial charge in [-0.2, -0.15) is 5.10 Å². The molecule has 1 atom stereocenters. The third kappa shape index (κ3) is 2.72. The van der Waals surface area contributed by atoms with Crippen molar-refractivity contribution in [2.45, 2.75) is 45.7 Å². The zero-order chi connectivity index (χ0) is 13.1. The molecule has 0 saturated carbocycles. The van der Waals surface area contributed by atoms with Gasteiger partial charge in [-0.15, -0.1) is 0 Å². The number of carbonyl (C=O) groups is 1. The summed E-state index contributed by atoms with van der Waals surface area (Å²) in [6, 6.07) is 2.47. The molecule has 1 aliphatic rings. The molecule has 0 radical (unpaired) electrons. The predicted octanol–water partition coefficient (Wildman–Crippen LogP) is 1.82. The van der Waals surface area contributed by atoms with Gasteiger partial charge >= 0.3 is 5.97 Å². The summed E-state index contributed by atoms with van der Waals surface area (Å²) < 4.78 is 2.04. The highest BCUT2D eigenvalue weighted by Gasteiger charge is 2.28.